The second-order valence-corrected chi connectivity index (χ2v) is 26.9. The molecule has 4 aliphatic carbocycles. The number of nitrogens with one attached hydrogen (secondary N) is 3. The Bertz CT molecular complexity index is 3110. The van der Waals surface area contributed by atoms with E-state index in [1.165, 1.54) is 24.3 Å². The van der Waals surface area contributed by atoms with Crippen LogP contribution >= 0.6 is 0 Å². The van der Waals surface area contributed by atoms with E-state index in [1.807, 2.05) is 73.1 Å². The van der Waals surface area contributed by atoms with Crippen LogP contribution in [-0.2, 0) is 9.59 Å². The third-order valence-corrected chi connectivity index (χ3v) is 16.2. The summed E-state index contributed by atoms with van der Waals surface area (Å²) >= 11 is 0. The van der Waals surface area contributed by atoms with E-state index in [4.69, 9.17) is 10.8 Å². The van der Waals surface area contributed by atoms with E-state index in [2.05, 4.69) is 51.7 Å². The van der Waals surface area contributed by atoms with Gasteiger partial charge < -0.3 is 29.1 Å². The molecule has 0 radical (unpaired) electrons. The molecule has 4 amide bonds. The highest BCUT2D eigenvalue weighted by atomic mass is 28.3. The zero-order valence-electron chi connectivity index (χ0n) is 45.5. The predicted octanol–water partition coefficient (Wildman–Crippen LogP) is 12.7. The molecule has 0 spiro atoms. The molecule has 3 heterocycles. The Morgan fingerprint density at radius 1 is 0.687 bits per heavy atom. The maximum Gasteiger partial charge on any atom is 0.573 e. The first-order valence-corrected chi connectivity index (χ1v) is 31.0. The minimum Gasteiger partial charge on any atom is -0.406 e. The van der Waals surface area contributed by atoms with Gasteiger partial charge in [0.15, 0.2) is 0 Å². The van der Waals surface area contributed by atoms with E-state index < -0.39 is 21.0 Å². The van der Waals surface area contributed by atoms with E-state index in [-0.39, 0.29) is 115 Å². The number of carbonyl (C=O) groups excluding carboxylic acids is 4. The van der Waals surface area contributed by atoms with Crippen LogP contribution in [0.25, 0.3) is 10.4 Å². The monoisotopic (exact) mass is 1170 g/mol. The van der Waals surface area contributed by atoms with Gasteiger partial charge in [-0.3, -0.25) is 24.6 Å². The van der Waals surface area contributed by atoms with Crippen LogP contribution in [0.1, 0.15) is 141 Å². The second-order valence-electron chi connectivity index (χ2n) is 22.3. The molecule has 0 saturated heterocycles. The minimum absolute atomic E-state index is 0. The van der Waals surface area contributed by atoms with Crippen LogP contribution in [0.2, 0.25) is 19.6 Å². The Hall–Kier alpha value is -7.81. The van der Waals surface area contributed by atoms with Crippen molar-refractivity contribution in [3.05, 3.63) is 130 Å². The summed E-state index contributed by atoms with van der Waals surface area (Å²) in [5.41, 5.74) is 20.0. The van der Waals surface area contributed by atoms with Gasteiger partial charge in [-0.2, -0.15) is 5.26 Å². The number of hydrogen-bond donors (Lipinski definition) is 3. The van der Waals surface area contributed by atoms with Gasteiger partial charge in [-0.25, -0.2) is 5.53 Å². The van der Waals surface area contributed by atoms with Gasteiger partial charge in [-0.1, -0.05) is 76.3 Å². The molecule has 4 aromatic carbocycles. The van der Waals surface area contributed by atoms with Crippen LogP contribution in [0.4, 0.5) is 37.7 Å². The van der Waals surface area contributed by atoms with Crippen LogP contribution in [0.3, 0.4) is 0 Å². The summed E-state index contributed by atoms with van der Waals surface area (Å²) in [4.78, 5) is 64.8. The molecular weight excluding hydrogens is 1100 g/mol. The van der Waals surface area contributed by atoms with Crippen molar-refractivity contribution >= 4 is 49.1 Å². The van der Waals surface area contributed by atoms with Crippen molar-refractivity contribution in [1.29, 1.82) is 5.26 Å². The number of azide groups is 1. The number of ether oxygens (including phenoxy) is 2. The summed E-state index contributed by atoms with van der Waals surface area (Å²) < 4.78 is 87.0. The molecule has 442 valence electrons. The fourth-order valence-electron chi connectivity index (χ4n) is 12.2. The number of hydrazone groups is 1. The zero-order chi connectivity index (χ0) is 58.5. The maximum absolute atomic E-state index is 13.9. The number of alkyl halides is 6. The van der Waals surface area contributed by atoms with Crippen LogP contribution in [-0.4, -0.2) is 84.4 Å². The molecule has 6 atom stereocenters. The van der Waals surface area contributed by atoms with Crippen molar-refractivity contribution < 1.29 is 55.0 Å². The molecule has 0 aromatic heterocycles. The van der Waals surface area contributed by atoms with Gasteiger partial charge in [0, 0.05) is 84.2 Å². The molecular formula is C58H68F6N12O6Si. The Balaban J connectivity index is 0.000000193. The summed E-state index contributed by atoms with van der Waals surface area (Å²) in [6, 6.07) is 27.2. The molecule has 4 aromatic rings. The summed E-state index contributed by atoms with van der Waals surface area (Å²) in [7, 11) is -1.45. The third-order valence-electron chi connectivity index (χ3n) is 15.6. The smallest absolute Gasteiger partial charge is 0.406 e. The third kappa shape index (κ3) is 14.7. The van der Waals surface area contributed by atoms with Gasteiger partial charge in [0.05, 0.1) is 18.2 Å². The summed E-state index contributed by atoms with van der Waals surface area (Å²) in [6.07, 6.45) is 0.462. The van der Waals surface area contributed by atoms with E-state index in [0.717, 1.165) is 111 Å². The van der Waals surface area contributed by atoms with Crippen molar-refractivity contribution in [2.75, 3.05) is 9.80 Å². The molecule has 11 rings (SSSR count). The first-order valence-electron chi connectivity index (χ1n) is 27.6. The summed E-state index contributed by atoms with van der Waals surface area (Å²) in [5, 5.41) is 13.1. The van der Waals surface area contributed by atoms with Crippen molar-refractivity contribution in [2.45, 2.75) is 166 Å². The van der Waals surface area contributed by atoms with Crippen molar-refractivity contribution in [3.63, 3.8) is 0 Å². The van der Waals surface area contributed by atoms with Gasteiger partial charge in [0.1, 0.15) is 25.6 Å². The lowest BCUT2D eigenvalue weighted by Crippen LogP contribution is -2.53. The minimum atomic E-state index is -4.80. The lowest BCUT2D eigenvalue weighted by atomic mass is 9.81. The van der Waals surface area contributed by atoms with Gasteiger partial charge in [-0.05, 0) is 134 Å². The molecule has 6 unspecified atom stereocenters. The fourth-order valence-corrected chi connectivity index (χ4v) is 12.4. The highest BCUT2D eigenvalue weighted by molar-refractivity contribution is 6.74. The molecule has 4 fully saturated rings. The average molecular weight is 1170 g/mol. The molecule has 4 saturated carbocycles. The van der Waals surface area contributed by atoms with Crippen LogP contribution in [0.15, 0.2) is 107 Å². The number of carbonyl (C=O) groups is 4. The lowest BCUT2D eigenvalue weighted by Gasteiger charge is -2.48. The molecule has 3 N–H and O–H groups in total. The Kier molecular flexibility index (Phi) is 19.0. The number of halogens is 6. The number of nitriles is 1. The van der Waals surface area contributed by atoms with Gasteiger partial charge in [-0.15, -0.1) is 41.8 Å². The SMILES string of the molecule is C.C[Si](C)(C)N=[N+]=[N-].N#CCCC(=O)N(C1CC1)C1c2ccccc2N(C(=O)c2ccc(OC(F)(F)F)cc2)C2CCCC21.O=C(c1ccc(OC(F)(F)F)cc1)N1c2ccccc2C(N(C(=O)CCC2=NNNN2)C2CC2)C2CCCC21. The number of benzene rings is 4. The van der Waals surface area contributed by atoms with Gasteiger partial charge in [0.2, 0.25) is 11.8 Å². The standard InChI is InChI=1S/C27H29F3N6O3.C27H26F3N3O3.C3H9N3Si.CH4/c28-27(29,30)39-18-12-8-16(9-13-18)26(38)36-21-6-2-1-4-19(21)25(20-5-3-7-22(20)36)35(17-10-11-17)24(37)15-14-23-31-33-34-32-23;28-27(29,30)36-19-14-10-17(11-15-19)26(35)33-22-7-2-1-5-20(22)25(21-6-3-8-23(21)33)32(18-12-13-18)24(34)9-4-16-31;1-7(2,3)6-5-4;/h1-2,4,6,8-9,12-13,17,20,22,25,33-34H,3,5,7,10-11,14-15H2,(H,31,32);1-2,5,7,10-11,14-15,18,21,23,25H,3-4,6,8-9,12-13H2;1-3H3;1H4. The number of amides is 4. The average Bonchev–Trinajstić information content (AvgIpc) is 2.08. The predicted molar refractivity (Wildman–Crippen MR) is 300 cm³/mol. The summed E-state index contributed by atoms with van der Waals surface area (Å²) in [6.45, 7) is 5.98. The summed E-state index contributed by atoms with van der Waals surface area (Å²) in [5.74, 6) is -0.492. The van der Waals surface area contributed by atoms with Gasteiger partial charge in [0.25, 0.3) is 11.8 Å². The van der Waals surface area contributed by atoms with Crippen molar-refractivity contribution in [3.8, 4) is 17.6 Å². The van der Waals surface area contributed by atoms with Crippen LogP contribution in [0.5, 0.6) is 11.5 Å². The maximum atomic E-state index is 13.9. The second kappa shape index (κ2) is 25.8. The van der Waals surface area contributed by atoms with Crippen molar-refractivity contribution in [1.82, 2.24) is 26.3 Å². The largest absolute Gasteiger partial charge is 0.573 e. The number of nitrogens with zero attached hydrogens (tertiary/aromatic N) is 9. The number of para-hydroxylation sites is 2. The number of amidine groups is 1. The number of hydrazine groups is 2. The Morgan fingerprint density at radius 3 is 1.48 bits per heavy atom. The zero-order valence-corrected chi connectivity index (χ0v) is 46.5. The van der Waals surface area contributed by atoms with Crippen LogP contribution in [0, 0.1) is 23.2 Å². The molecule has 25 heteroatoms. The molecule has 7 aliphatic rings. The highest BCUT2D eigenvalue weighted by Gasteiger charge is 2.53. The fraction of sp³-hybridized carbons (Fsp3) is 0.483. The van der Waals surface area contributed by atoms with Crippen molar-refractivity contribution in [2.24, 2.45) is 21.7 Å². The number of anilines is 2. The van der Waals surface area contributed by atoms with E-state index >= 15 is 0 Å². The number of rotatable bonds is 14. The Morgan fingerprint density at radius 2 is 1.12 bits per heavy atom. The molecule has 18 nitrogen and oxygen atoms in total. The van der Waals surface area contributed by atoms with E-state index in [9.17, 15) is 45.5 Å². The number of hydrogen-bond acceptors (Lipinski definition) is 12. The lowest BCUT2D eigenvalue weighted by molar-refractivity contribution is -0.275. The molecule has 0 bridgehead atoms. The highest BCUT2D eigenvalue weighted by Crippen LogP contribution is 2.55. The quantitative estimate of drug-likeness (QED) is 0.0356. The topological polar surface area (TPSA) is 221 Å². The first-order chi connectivity index (χ1) is 39.1. The molecule has 3 aliphatic heterocycles. The van der Waals surface area contributed by atoms with Crippen LogP contribution < -0.4 is 35.8 Å². The Labute approximate surface area is 478 Å². The number of fused-ring (bicyclic) bond motifs is 4. The van der Waals surface area contributed by atoms with E-state index in [0.29, 0.717) is 18.7 Å². The van der Waals surface area contributed by atoms with Gasteiger partial charge >= 0.3 is 12.7 Å². The molecule has 83 heavy (non-hydrogen) atoms. The normalized spacial score (nSPS) is 21.9. The van der Waals surface area contributed by atoms with E-state index in [1.54, 1.807) is 9.80 Å². The first kappa shape index (κ1) is 61.3.